The number of carbonyl (C=O) groups excluding carboxylic acids is 1. The van der Waals surface area contributed by atoms with Crippen LogP contribution >= 0.6 is 0 Å². The van der Waals surface area contributed by atoms with Gasteiger partial charge in [-0.3, -0.25) is 4.79 Å². The van der Waals surface area contributed by atoms with Crippen LogP contribution < -0.4 is 5.32 Å². The van der Waals surface area contributed by atoms with Gasteiger partial charge >= 0.3 is 0 Å². The molecule has 8 nitrogen and oxygen atoms in total. The highest BCUT2D eigenvalue weighted by molar-refractivity contribution is 7.89. The van der Waals surface area contributed by atoms with Crippen LogP contribution in [0, 0.1) is 0 Å². The summed E-state index contributed by atoms with van der Waals surface area (Å²) in [7, 11) is -2.20. The van der Waals surface area contributed by atoms with Gasteiger partial charge in [0, 0.05) is 26.7 Å². The number of ether oxygens (including phenoxy) is 2. The second kappa shape index (κ2) is 7.03. The molecule has 0 radical (unpaired) electrons. The van der Waals surface area contributed by atoms with Gasteiger partial charge in [-0.2, -0.15) is 4.31 Å². The van der Waals surface area contributed by atoms with Gasteiger partial charge in [-0.15, -0.1) is 0 Å². The fourth-order valence-electron chi connectivity index (χ4n) is 1.85. The summed E-state index contributed by atoms with van der Waals surface area (Å²) in [5.41, 5.74) is 0. The Balaban J connectivity index is 2.06. The van der Waals surface area contributed by atoms with E-state index < -0.39 is 15.9 Å². The van der Waals surface area contributed by atoms with Crippen molar-refractivity contribution in [2.75, 3.05) is 46.6 Å². The van der Waals surface area contributed by atoms with Gasteiger partial charge in [0.25, 0.3) is 15.9 Å². The predicted octanol–water partition coefficient (Wildman–Crippen LogP) is -0.323. The molecule has 1 fully saturated rings. The van der Waals surface area contributed by atoms with E-state index in [0.717, 1.165) is 0 Å². The number of rotatable bonds is 6. The van der Waals surface area contributed by atoms with Crippen LogP contribution in [0.5, 0.6) is 0 Å². The normalized spacial score (nSPS) is 16.8. The van der Waals surface area contributed by atoms with Crippen LogP contribution in [-0.4, -0.2) is 65.2 Å². The number of hydrogen-bond acceptors (Lipinski definition) is 6. The van der Waals surface area contributed by atoms with Crippen LogP contribution in [0.1, 0.15) is 10.6 Å². The Labute approximate surface area is 123 Å². The highest BCUT2D eigenvalue weighted by atomic mass is 32.2. The molecule has 0 spiro atoms. The first-order valence-corrected chi connectivity index (χ1v) is 7.94. The Morgan fingerprint density at radius 2 is 2.10 bits per heavy atom. The van der Waals surface area contributed by atoms with E-state index in [4.69, 9.17) is 13.9 Å². The first-order valence-electron chi connectivity index (χ1n) is 6.50. The highest BCUT2D eigenvalue weighted by Gasteiger charge is 2.29. The SMILES string of the molecule is COCCNC(=O)c1ccc(S(=O)(=O)N2CCOCC2)o1. The topological polar surface area (TPSA) is 98.1 Å². The summed E-state index contributed by atoms with van der Waals surface area (Å²) >= 11 is 0. The van der Waals surface area contributed by atoms with Gasteiger partial charge in [0.2, 0.25) is 5.09 Å². The van der Waals surface area contributed by atoms with Crippen LogP contribution in [0.15, 0.2) is 21.6 Å². The molecule has 1 aliphatic rings. The van der Waals surface area contributed by atoms with Crippen molar-refractivity contribution in [1.82, 2.24) is 9.62 Å². The zero-order valence-corrected chi connectivity index (χ0v) is 12.5. The molecule has 0 saturated carbocycles. The van der Waals surface area contributed by atoms with Crippen LogP contribution in [0.25, 0.3) is 0 Å². The average Bonchev–Trinajstić information content (AvgIpc) is 2.99. The number of amides is 1. The maximum absolute atomic E-state index is 12.3. The van der Waals surface area contributed by atoms with Crippen molar-refractivity contribution < 1.29 is 27.1 Å². The maximum atomic E-state index is 12.3. The Morgan fingerprint density at radius 3 is 2.76 bits per heavy atom. The number of furan rings is 1. The van der Waals surface area contributed by atoms with E-state index in [2.05, 4.69) is 5.32 Å². The van der Waals surface area contributed by atoms with Crippen molar-refractivity contribution in [2.24, 2.45) is 0 Å². The first-order chi connectivity index (χ1) is 10.1. The summed E-state index contributed by atoms with van der Waals surface area (Å²) in [4.78, 5) is 11.7. The molecule has 0 unspecified atom stereocenters. The summed E-state index contributed by atoms with van der Waals surface area (Å²) in [6.07, 6.45) is 0. The van der Waals surface area contributed by atoms with Crippen molar-refractivity contribution in [3.63, 3.8) is 0 Å². The van der Waals surface area contributed by atoms with Crippen molar-refractivity contribution in [3.05, 3.63) is 17.9 Å². The summed E-state index contributed by atoms with van der Waals surface area (Å²) in [5.74, 6) is -0.520. The summed E-state index contributed by atoms with van der Waals surface area (Å²) < 4.78 is 41.0. The molecule has 0 atom stereocenters. The fraction of sp³-hybridized carbons (Fsp3) is 0.583. The third kappa shape index (κ3) is 3.82. The zero-order chi connectivity index (χ0) is 15.3. The largest absolute Gasteiger partial charge is 0.438 e. The third-order valence-electron chi connectivity index (χ3n) is 2.96. The Bertz CT molecular complexity index is 576. The molecule has 118 valence electrons. The summed E-state index contributed by atoms with van der Waals surface area (Å²) in [6, 6.07) is 2.63. The maximum Gasteiger partial charge on any atom is 0.287 e. The summed E-state index contributed by atoms with van der Waals surface area (Å²) in [6.45, 7) is 1.94. The van der Waals surface area contributed by atoms with Gasteiger partial charge < -0.3 is 19.2 Å². The van der Waals surface area contributed by atoms with Gasteiger partial charge in [0.15, 0.2) is 5.76 Å². The zero-order valence-electron chi connectivity index (χ0n) is 11.7. The monoisotopic (exact) mass is 318 g/mol. The van der Waals surface area contributed by atoms with Crippen LogP contribution in [0.4, 0.5) is 0 Å². The molecule has 21 heavy (non-hydrogen) atoms. The molecule has 0 bridgehead atoms. The van der Waals surface area contributed by atoms with Gasteiger partial charge in [0.05, 0.1) is 19.8 Å². The first kappa shape index (κ1) is 16.0. The van der Waals surface area contributed by atoms with Crippen LogP contribution in [0.3, 0.4) is 0 Å². The lowest BCUT2D eigenvalue weighted by Crippen LogP contribution is -2.40. The van der Waals surface area contributed by atoms with E-state index in [-0.39, 0.29) is 23.9 Å². The second-order valence-electron chi connectivity index (χ2n) is 4.38. The van der Waals surface area contributed by atoms with Crippen molar-refractivity contribution in [2.45, 2.75) is 5.09 Å². The predicted molar refractivity (Wildman–Crippen MR) is 72.5 cm³/mol. The molecule has 1 amide bonds. The van der Waals surface area contributed by atoms with Gasteiger partial charge in [0.1, 0.15) is 0 Å². The van der Waals surface area contributed by atoms with E-state index >= 15 is 0 Å². The summed E-state index contributed by atoms with van der Waals surface area (Å²) in [5, 5.41) is 2.32. The molecule has 2 rings (SSSR count). The Kier molecular flexibility index (Phi) is 5.34. The third-order valence-corrected chi connectivity index (χ3v) is 4.73. The fourth-order valence-corrected chi connectivity index (χ4v) is 3.17. The van der Waals surface area contributed by atoms with Crippen molar-refractivity contribution in [3.8, 4) is 0 Å². The lowest BCUT2D eigenvalue weighted by Gasteiger charge is -2.24. The minimum absolute atomic E-state index is 0.0436. The molecule has 1 aliphatic heterocycles. The van der Waals surface area contributed by atoms with E-state index in [1.807, 2.05) is 0 Å². The molecule has 2 heterocycles. The van der Waals surface area contributed by atoms with Crippen molar-refractivity contribution in [1.29, 1.82) is 0 Å². The molecule has 1 aromatic heterocycles. The molecular formula is C12H18N2O6S. The number of hydrogen-bond donors (Lipinski definition) is 1. The Morgan fingerprint density at radius 1 is 1.38 bits per heavy atom. The minimum atomic E-state index is -3.72. The van der Waals surface area contributed by atoms with E-state index in [1.165, 1.54) is 23.5 Å². The molecule has 1 aromatic rings. The molecule has 1 N–H and O–H groups in total. The van der Waals surface area contributed by atoms with E-state index in [1.54, 1.807) is 0 Å². The number of nitrogens with zero attached hydrogens (tertiary/aromatic N) is 1. The second-order valence-corrected chi connectivity index (χ2v) is 6.25. The number of carbonyl (C=O) groups is 1. The van der Waals surface area contributed by atoms with Gasteiger partial charge in [-0.1, -0.05) is 0 Å². The number of sulfonamides is 1. The average molecular weight is 318 g/mol. The van der Waals surface area contributed by atoms with E-state index in [9.17, 15) is 13.2 Å². The van der Waals surface area contributed by atoms with Crippen LogP contribution in [0.2, 0.25) is 0 Å². The van der Waals surface area contributed by atoms with E-state index in [0.29, 0.717) is 26.4 Å². The number of nitrogens with one attached hydrogen (secondary N) is 1. The Hall–Kier alpha value is -1.42. The van der Waals surface area contributed by atoms with Crippen LogP contribution in [-0.2, 0) is 19.5 Å². The lowest BCUT2D eigenvalue weighted by atomic mass is 10.4. The van der Waals surface area contributed by atoms with Gasteiger partial charge in [-0.25, -0.2) is 8.42 Å². The minimum Gasteiger partial charge on any atom is -0.438 e. The molecule has 9 heteroatoms. The highest BCUT2D eigenvalue weighted by Crippen LogP contribution is 2.19. The molecule has 1 saturated heterocycles. The number of morpholine rings is 1. The smallest absolute Gasteiger partial charge is 0.287 e. The number of methoxy groups -OCH3 is 1. The molecular weight excluding hydrogens is 300 g/mol. The lowest BCUT2D eigenvalue weighted by molar-refractivity contribution is 0.0722. The molecule has 0 aromatic carbocycles. The quantitative estimate of drug-likeness (QED) is 0.722. The van der Waals surface area contributed by atoms with Crippen molar-refractivity contribution >= 4 is 15.9 Å². The standard InChI is InChI=1S/C12H18N2O6S/c1-18-7-4-13-12(15)10-2-3-11(20-10)21(16,17)14-5-8-19-9-6-14/h2-3H,4-9H2,1H3,(H,13,15). The molecule has 0 aliphatic carbocycles. The van der Waals surface area contributed by atoms with Gasteiger partial charge in [-0.05, 0) is 12.1 Å².